The van der Waals surface area contributed by atoms with E-state index in [1.807, 2.05) is 33.8 Å². The van der Waals surface area contributed by atoms with Crippen LogP contribution in [-0.4, -0.2) is 69.3 Å². The summed E-state index contributed by atoms with van der Waals surface area (Å²) in [6, 6.07) is 4.48. The van der Waals surface area contributed by atoms with E-state index < -0.39 is 11.9 Å². The van der Waals surface area contributed by atoms with Gasteiger partial charge in [0.15, 0.2) is 11.9 Å². The van der Waals surface area contributed by atoms with Gasteiger partial charge in [-0.15, -0.1) is 5.10 Å². The zero-order valence-electron chi connectivity index (χ0n) is 19.2. The van der Waals surface area contributed by atoms with Crippen molar-refractivity contribution in [3.8, 4) is 0 Å². The van der Waals surface area contributed by atoms with E-state index in [1.165, 1.54) is 10.5 Å². The van der Waals surface area contributed by atoms with Crippen LogP contribution in [0.4, 0.5) is 16.5 Å². The monoisotopic (exact) mass is 445 g/mol. The van der Waals surface area contributed by atoms with Crippen LogP contribution >= 0.6 is 0 Å². The number of nitrogens with zero attached hydrogens (tertiary/aromatic N) is 4. The first-order valence-electron chi connectivity index (χ1n) is 10.9. The molecule has 174 valence electrons. The molecule has 1 amide bonds. The maximum absolute atomic E-state index is 11.3. The highest BCUT2D eigenvalue weighted by Crippen LogP contribution is 2.33. The lowest BCUT2D eigenvalue weighted by atomic mass is 10.0. The summed E-state index contributed by atoms with van der Waals surface area (Å²) in [5.41, 5.74) is 4.28. The van der Waals surface area contributed by atoms with E-state index in [1.54, 1.807) is 0 Å². The van der Waals surface area contributed by atoms with Gasteiger partial charge in [-0.2, -0.15) is 0 Å². The minimum Gasteiger partial charge on any atom is -0.465 e. The number of piperazine rings is 1. The van der Waals surface area contributed by atoms with Gasteiger partial charge in [-0.1, -0.05) is 11.2 Å². The van der Waals surface area contributed by atoms with Crippen LogP contribution in [0.3, 0.4) is 0 Å². The summed E-state index contributed by atoms with van der Waals surface area (Å²) in [7, 11) is 0. The second kappa shape index (κ2) is 8.68. The molecule has 2 aliphatic heterocycles. The van der Waals surface area contributed by atoms with E-state index in [-0.39, 0.29) is 12.1 Å². The summed E-state index contributed by atoms with van der Waals surface area (Å²) in [5.74, 6) is -0.281. The molecule has 10 heteroatoms. The third-order valence-corrected chi connectivity index (χ3v) is 5.98. The molecule has 2 fully saturated rings. The van der Waals surface area contributed by atoms with E-state index in [0.29, 0.717) is 38.1 Å². The molecule has 2 saturated heterocycles. The number of ether oxygens (including phenoxy) is 2. The predicted octanol–water partition coefficient (Wildman–Crippen LogP) is 3.44. The van der Waals surface area contributed by atoms with Crippen molar-refractivity contribution < 1.29 is 23.8 Å². The minimum absolute atomic E-state index is 0.0347. The Balaban J connectivity index is 1.45. The van der Waals surface area contributed by atoms with Crippen LogP contribution in [0, 0.1) is 13.8 Å². The van der Waals surface area contributed by atoms with E-state index in [4.69, 9.17) is 13.9 Å². The fourth-order valence-corrected chi connectivity index (χ4v) is 4.27. The highest BCUT2D eigenvalue weighted by Gasteiger charge is 2.36. The number of hydrogen-bond acceptors (Lipinski definition) is 8. The first kappa shape index (κ1) is 22.5. The second-order valence-corrected chi connectivity index (χ2v) is 9.04. The highest BCUT2D eigenvalue weighted by molar-refractivity contribution is 5.65. The highest BCUT2D eigenvalue weighted by atomic mass is 16.7. The summed E-state index contributed by atoms with van der Waals surface area (Å²) in [6.45, 7) is 12.8. The van der Waals surface area contributed by atoms with Crippen LogP contribution in [0.5, 0.6) is 0 Å². The Kier molecular flexibility index (Phi) is 6.11. The number of benzene rings is 1. The first-order valence-corrected chi connectivity index (χ1v) is 10.9. The van der Waals surface area contributed by atoms with Crippen molar-refractivity contribution in [2.45, 2.75) is 59.1 Å². The van der Waals surface area contributed by atoms with Gasteiger partial charge in [0.1, 0.15) is 0 Å². The van der Waals surface area contributed by atoms with Gasteiger partial charge in [-0.3, -0.25) is 4.90 Å². The quantitative estimate of drug-likeness (QED) is 0.714. The largest absolute Gasteiger partial charge is 0.465 e. The van der Waals surface area contributed by atoms with E-state index >= 15 is 0 Å². The molecule has 10 nitrogen and oxygen atoms in total. The van der Waals surface area contributed by atoms with Crippen molar-refractivity contribution in [2.75, 3.05) is 31.6 Å². The lowest BCUT2D eigenvalue weighted by molar-refractivity contribution is -0.141. The predicted molar refractivity (Wildman–Crippen MR) is 117 cm³/mol. The normalized spacial score (nSPS) is 23.5. The molecule has 1 aromatic heterocycles. The molecular weight excluding hydrogens is 414 g/mol. The second-order valence-electron chi connectivity index (χ2n) is 9.04. The fraction of sp³-hybridized carbons (Fsp3) is 0.591. The van der Waals surface area contributed by atoms with Crippen molar-refractivity contribution in [1.82, 2.24) is 20.0 Å². The van der Waals surface area contributed by atoms with Gasteiger partial charge in [0.05, 0.1) is 6.61 Å². The summed E-state index contributed by atoms with van der Waals surface area (Å²) in [5, 5.41) is 20.8. The van der Waals surface area contributed by atoms with Gasteiger partial charge in [0.2, 0.25) is 5.89 Å². The number of carbonyl (C=O) groups is 1. The molecule has 0 saturated carbocycles. The van der Waals surface area contributed by atoms with E-state index in [2.05, 4.69) is 33.4 Å². The maximum Gasteiger partial charge on any atom is 0.407 e. The number of amides is 1. The summed E-state index contributed by atoms with van der Waals surface area (Å²) >= 11 is 0. The maximum atomic E-state index is 11.3. The molecule has 2 atom stereocenters. The Morgan fingerprint density at radius 2 is 2.06 bits per heavy atom. The van der Waals surface area contributed by atoms with Crippen LogP contribution in [0.25, 0.3) is 0 Å². The molecule has 32 heavy (non-hydrogen) atoms. The van der Waals surface area contributed by atoms with Gasteiger partial charge < -0.3 is 29.2 Å². The molecule has 2 aliphatic rings. The van der Waals surface area contributed by atoms with Crippen LogP contribution in [0.1, 0.15) is 49.5 Å². The molecule has 0 radical (unpaired) electrons. The lowest BCUT2D eigenvalue weighted by Gasteiger charge is -2.38. The third-order valence-electron chi connectivity index (χ3n) is 5.98. The minimum atomic E-state index is -0.854. The lowest BCUT2D eigenvalue weighted by Crippen LogP contribution is -2.53. The SMILES string of the molecule is Cc1cc(CN2CCN(C(=O)O)[C@@H](C)C2)c(C)c(Nc2nnc([C@@H]3COC(C)(C)O3)o2)c1. The van der Waals surface area contributed by atoms with Crippen LogP contribution < -0.4 is 5.32 Å². The molecule has 0 unspecified atom stereocenters. The molecule has 0 spiro atoms. The number of aryl methyl sites for hydroxylation is 1. The number of hydrogen-bond donors (Lipinski definition) is 2. The van der Waals surface area contributed by atoms with Crippen molar-refractivity contribution in [1.29, 1.82) is 0 Å². The Morgan fingerprint density at radius 1 is 1.28 bits per heavy atom. The molecule has 4 rings (SSSR count). The standard InChI is InChI=1S/C22H31N5O5/c1-13-8-16(11-26-6-7-27(21(28)29)14(2)10-26)15(3)17(9-13)23-20-25-24-19(31-20)18-12-30-22(4,5)32-18/h8-9,14,18H,6-7,10-12H2,1-5H3,(H,23,25)(H,28,29)/t14-,18-/m0/s1. The molecular formula is C22H31N5O5. The van der Waals surface area contributed by atoms with Crippen LogP contribution in [0.2, 0.25) is 0 Å². The Bertz CT molecular complexity index is 991. The number of anilines is 2. The van der Waals surface area contributed by atoms with Gasteiger partial charge in [-0.25, -0.2) is 4.79 Å². The van der Waals surface area contributed by atoms with Gasteiger partial charge in [0, 0.05) is 37.9 Å². The van der Waals surface area contributed by atoms with E-state index in [0.717, 1.165) is 23.4 Å². The Labute approximate surface area is 187 Å². The number of aromatic nitrogens is 2. The number of nitrogens with one attached hydrogen (secondary N) is 1. The Morgan fingerprint density at radius 3 is 2.72 bits per heavy atom. The zero-order chi connectivity index (χ0) is 23.0. The molecule has 1 aromatic carbocycles. The van der Waals surface area contributed by atoms with Crippen LogP contribution in [-0.2, 0) is 16.0 Å². The van der Waals surface area contributed by atoms with Crippen molar-refractivity contribution in [3.63, 3.8) is 0 Å². The molecule has 2 aromatic rings. The van der Waals surface area contributed by atoms with Crippen molar-refractivity contribution in [3.05, 3.63) is 34.7 Å². The van der Waals surface area contributed by atoms with Gasteiger partial charge >= 0.3 is 12.1 Å². The third kappa shape index (κ3) is 4.87. The smallest absolute Gasteiger partial charge is 0.407 e. The fourth-order valence-electron chi connectivity index (χ4n) is 4.27. The van der Waals surface area contributed by atoms with Crippen molar-refractivity contribution in [2.24, 2.45) is 0 Å². The molecule has 3 heterocycles. The summed E-state index contributed by atoms with van der Waals surface area (Å²) < 4.78 is 17.1. The topological polar surface area (TPSA) is 113 Å². The van der Waals surface area contributed by atoms with Gasteiger partial charge in [0.25, 0.3) is 0 Å². The Hall–Kier alpha value is -2.69. The summed E-state index contributed by atoms with van der Waals surface area (Å²) in [4.78, 5) is 15.1. The number of rotatable bonds is 5. The first-order chi connectivity index (χ1) is 15.1. The molecule has 2 N–H and O–H groups in total. The van der Waals surface area contributed by atoms with Crippen molar-refractivity contribution >= 4 is 17.8 Å². The average Bonchev–Trinajstić information content (AvgIpc) is 3.31. The van der Waals surface area contributed by atoms with Crippen LogP contribution in [0.15, 0.2) is 16.5 Å². The van der Waals surface area contributed by atoms with Gasteiger partial charge in [-0.05, 0) is 57.4 Å². The molecule has 0 aliphatic carbocycles. The summed E-state index contributed by atoms with van der Waals surface area (Å²) in [6.07, 6.45) is -1.24. The zero-order valence-corrected chi connectivity index (χ0v) is 19.2. The average molecular weight is 446 g/mol. The number of carboxylic acid groups (broad SMARTS) is 1. The molecule has 0 bridgehead atoms. The van der Waals surface area contributed by atoms with E-state index in [9.17, 15) is 9.90 Å².